The molecule has 0 aliphatic carbocycles. The van der Waals surface area contributed by atoms with Crippen molar-refractivity contribution in [2.24, 2.45) is 0 Å². The van der Waals surface area contributed by atoms with E-state index in [1.165, 1.54) is 28.9 Å². The fraction of sp³-hybridized carbons (Fsp3) is 0.222. The SMILES string of the molecule is COc1ccc(CN(C)Cn2nc(-c3ccc(F)cc3)oc2=O)cc1. The molecule has 0 radical (unpaired) electrons. The summed E-state index contributed by atoms with van der Waals surface area (Å²) in [5, 5.41) is 4.17. The van der Waals surface area contributed by atoms with Crippen LogP contribution in [0.15, 0.2) is 57.7 Å². The van der Waals surface area contributed by atoms with E-state index in [1.807, 2.05) is 36.2 Å². The van der Waals surface area contributed by atoms with Crippen molar-refractivity contribution in [1.82, 2.24) is 14.7 Å². The van der Waals surface area contributed by atoms with Crippen LogP contribution in [-0.2, 0) is 13.2 Å². The Morgan fingerprint density at radius 1 is 1.16 bits per heavy atom. The lowest BCUT2D eigenvalue weighted by molar-refractivity contribution is 0.237. The van der Waals surface area contributed by atoms with Gasteiger partial charge in [0, 0.05) is 12.1 Å². The Bertz CT molecular complexity index is 885. The molecule has 0 aliphatic heterocycles. The summed E-state index contributed by atoms with van der Waals surface area (Å²) in [6.45, 7) is 0.907. The maximum absolute atomic E-state index is 13.0. The molecule has 3 aromatic rings. The fourth-order valence-corrected chi connectivity index (χ4v) is 2.43. The van der Waals surface area contributed by atoms with Crippen LogP contribution in [0.1, 0.15) is 5.56 Å². The van der Waals surface area contributed by atoms with Crippen LogP contribution in [0, 0.1) is 5.82 Å². The molecule has 0 spiro atoms. The zero-order valence-electron chi connectivity index (χ0n) is 14.0. The van der Waals surface area contributed by atoms with Gasteiger partial charge >= 0.3 is 5.76 Å². The molecule has 0 fully saturated rings. The van der Waals surface area contributed by atoms with Gasteiger partial charge in [-0.1, -0.05) is 12.1 Å². The molecule has 2 aromatic carbocycles. The molecule has 25 heavy (non-hydrogen) atoms. The van der Waals surface area contributed by atoms with Crippen LogP contribution in [-0.4, -0.2) is 28.8 Å². The third kappa shape index (κ3) is 4.13. The molecule has 0 amide bonds. The summed E-state index contributed by atoms with van der Waals surface area (Å²) in [6, 6.07) is 13.3. The Hall–Kier alpha value is -2.93. The molecule has 0 N–H and O–H groups in total. The van der Waals surface area contributed by atoms with Crippen LogP contribution in [0.25, 0.3) is 11.5 Å². The first kappa shape index (κ1) is 16.9. The monoisotopic (exact) mass is 343 g/mol. The Balaban J connectivity index is 1.69. The number of benzene rings is 2. The van der Waals surface area contributed by atoms with Crippen molar-refractivity contribution in [1.29, 1.82) is 0 Å². The van der Waals surface area contributed by atoms with E-state index in [4.69, 9.17) is 9.15 Å². The summed E-state index contributed by atoms with van der Waals surface area (Å²) in [5.41, 5.74) is 1.63. The Morgan fingerprint density at radius 3 is 2.48 bits per heavy atom. The lowest BCUT2D eigenvalue weighted by Gasteiger charge is -2.15. The van der Waals surface area contributed by atoms with Crippen molar-refractivity contribution in [3.63, 3.8) is 0 Å². The van der Waals surface area contributed by atoms with E-state index in [9.17, 15) is 9.18 Å². The van der Waals surface area contributed by atoms with Crippen LogP contribution in [0.2, 0.25) is 0 Å². The number of ether oxygens (including phenoxy) is 1. The normalized spacial score (nSPS) is 11.0. The zero-order chi connectivity index (χ0) is 17.8. The van der Waals surface area contributed by atoms with Gasteiger partial charge in [0.25, 0.3) is 0 Å². The number of hydrogen-bond acceptors (Lipinski definition) is 5. The van der Waals surface area contributed by atoms with E-state index in [0.717, 1.165) is 11.3 Å². The third-order valence-electron chi connectivity index (χ3n) is 3.68. The van der Waals surface area contributed by atoms with Crippen LogP contribution in [0.5, 0.6) is 5.75 Å². The van der Waals surface area contributed by atoms with Crippen LogP contribution >= 0.6 is 0 Å². The first-order valence-electron chi connectivity index (χ1n) is 7.70. The summed E-state index contributed by atoms with van der Waals surface area (Å²) >= 11 is 0. The predicted molar refractivity (Wildman–Crippen MR) is 90.6 cm³/mol. The number of rotatable bonds is 6. The Kier molecular flexibility index (Phi) is 4.95. The van der Waals surface area contributed by atoms with Gasteiger partial charge in [-0.3, -0.25) is 4.90 Å². The topological polar surface area (TPSA) is 60.5 Å². The first-order chi connectivity index (χ1) is 12.0. The molecule has 0 unspecified atom stereocenters. The van der Waals surface area contributed by atoms with Crippen molar-refractivity contribution >= 4 is 0 Å². The van der Waals surface area contributed by atoms with Gasteiger partial charge in [0.05, 0.1) is 7.11 Å². The van der Waals surface area contributed by atoms with Gasteiger partial charge in [-0.05, 0) is 49.0 Å². The average Bonchev–Trinajstić information content (AvgIpc) is 2.96. The standard InChI is InChI=1S/C18H18FN3O3/c1-21(11-13-3-9-16(24-2)10-4-13)12-22-18(23)25-17(20-22)14-5-7-15(19)8-6-14/h3-10H,11-12H2,1-2H3. The minimum absolute atomic E-state index is 0.169. The fourth-order valence-electron chi connectivity index (χ4n) is 2.43. The minimum atomic E-state index is -0.555. The average molecular weight is 343 g/mol. The summed E-state index contributed by atoms with van der Waals surface area (Å²) in [7, 11) is 3.50. The lowest BCUT2D eigenvalue weighted by Crippen LogP contribution is -2.28. The summed E-state index contributed by atoms with van der Waals surface area (Å²) in [5.74, 6) is 0.0524. The van der Waals surface area contributed by atoms with Crippen molar-refractivity contribution in [3.05, 3.63) is 70.5 Å². The molecule has 1 aromatic heterocycles. The maximum atomic E-state index is 13.0. The van der Waals surface area contributed by atoms with Gasteiger partial charge in [0.15, 0.2) is 0 Å². The van der Waals surface area contributed by atoms with Gasteiger partial charge in [0.1, 0.15) is 18.2 Å². The third-order valence-corrected chi connectivity index (χ3v) is 3.68. The van der Waals surface area contributed by atoms with Crippen molar-refractivity contribution in [2.45, 2.75) is 13.2 Å². The quantitative estimate of drug-likeness (QED) is 0.689. The number of hydrogen-bond donors (Lipinski definition) is 0. The second-order valence-corrected chi connectivity index (χ2v) is 5.68. The molecule has 0 saturated carbocycles. The van der Waals surface area contributed by atoms with Crippen molar-refractivity contribution < 1.29 is 13.5 Å². The highest BCUT2D eigenvalue weighted by Crippen LogP contribution is 2.16. The van der Waals surface area contributed by atoms with E-state index in [1.54, 1.807) is 7.11 Å². The molecule has 3 rings (SSSR count). The highest BCUT2D eigenvalue weighted by Gasteiger charge is 2.12. The molecular formula is C18H18FN3O3. The molecule has 1 heterocycles. The smallest absolute Gasteiger partial charge is 0.438 e. The van der Waals surface area contributed by atoms with E-state index < -0.39 is 5.76 Å². The van der Waals surface area contributed by atoms with E-state index >= 15 is 0 Å². The minimum Gasteiger partial charge on any atom is -0.497 e. The zero-order valence-corrected chi connectivity index (χ0v) is 14.0. The summed E-state index contributed by atoms with van der Waals surface area (Å²) < 4.78 is 24.5. The Labute approximate surface area is 144 Å². The molecule has 7 heteroatoms. The van der Waals surface area contributed by atoms with E-state index in [2.05, 4.69) is 5.10 Å². The molecular weight excluding hydrogens is 325 g/mol. The molecule has 6 nitrogen and oxygen atoms in total. The van der Waals surface area contributed by atoms with Gasteiger partial charge < -0.3 is 9.15 Å². The van der Waals surface area contributed by atoms with Crippen molar-refractivity contribution in [3.8, 4) is 17.2 Å². The molecule has 0 atom stereocenters. The number of halogens is 1. The van der Waals surface area contributed by atoms with E-state index in [-0.39, 0.29) is 18.4 Å². The van der Waals surface area contributed by atoms with Gasteiger partial charge in [0.2, 0.25) is 5.89 Å². The van der Waals surface area contributed by atoms with Gasteiger partial charge in [-0.2, -0.15) is 4.68 Å². The second-order valence-electron chi connectivity index (χ2n) is 5.68. The molecule has 0 saturated heterocycles. The van der Waals surface area contributed by atoms with Crippen molar-refractivity contribution in [2.75, 3.05) is 14.2 Å². The largest absolute Gasteiger partial charge is 0.497 e. The second kappa shape index (κ2) is 7.31. The lowest BCUT2D eigenvalue weighted by atomic mass is 10.2. The molecule has 0 aliphatic rings. The highest BCUT2D eigenvalue weighted by molar-refractivity contribution is 5.51. The maximum Gasteiger partial charge on any atom is 0.438 e. The number of aromatic nitrogens is 2. The molecule has 130 valence electrons. The van der Waals surface area contributed by atoms with Gasteiger partial charge in [-0.25, -0.2) is 9.18 Å². The summed E-state index contributed by atoms with van der Waals surface area (Å²) in [4.78, 5) is 13.9. The van der Waals surface area contributed by atoms with Crippen LogP contribution in [0.3, 0.4) is 0 Å². The van der Waals surface area contributed by atoms with Crippen LogP contribution in [0.4, 0.5) is 4.39 Å². The first-order valence-corrected chi connectivity index (χ1v) is 7.70. The van der Waals surface area contributed by atoms with Gasteiger partial charge in [-0.15, -0.1) is 5.10 Å². The Morgan fingerprint density at radius 2 is 1.84 bits per heavy atom. The molecule has 0 bridgehead atoms. The predicted octanol–water partition coefficient (Wildman–Crippen LogP) is 2.74. The number of methoxy groups -OCH3 is 1. The number of nitrogens with zero attached hydrogens (tertiary/aromatic N) is 3. The highest BCUT2D eigenvalue weighted by atomic mass is 19.1. The van der Waals surface area contributed by atoms with Crippen LogP contribution < -0.4 is 10.5 Å². The van der Waals surface area contributed by atoms with E-state index in [0.29, 0.717) is 12.1 Å². The summed E-state index contributed by atoms with van der Waals surface area (Å²) in [6.07, 6.45) is 0.